The summed E-state index contributed by atoms with van der Waals surface area (Å²) in [5.41, 5.74) is 0. The summed E-state index contributed by atoms with van der Waals surface area (Å²) in [4.78, 5) is 14.9. The SMILES string of the molecule is CC1CCC(C(=O)N(CCBr)C2CCCC2)CC1. The predicted molar refractivity (Wildman–Crippen MR) is 78.9 cm³/mol. The number of alkyl halides is 1. The second kappa shape index (κ2) is 6.93. The van der Waals surface area contributed by atoms with Crippen molar-refractivity contribution in [1.82, 2.24) is 4.90 Å². The summed E-state index contributed by atoms with van der Waals surface area (Å²) in [5.74, 6) is 1.60. The Labute approximate surface area is 120 Å². The van der Waals surface area contributed by atoms with Gasteiger partial charge in [0, 0.05) is 23.8 Å². The van der Waals surface area contributed by atoms with E-state index in [1.54, 1.807) is 0 Å². The van der Waals surface area contributed by atoms with Crippen LogP contribution in [0, 0.1) is 11.8 Å². The van der Waals surface area contributed by atoms with Crippen LogP contribution in [-0.2, 0) is 4.79 Å². The van der Waals surface area contributed by atoms with E-state index < -0.39 is 0 Å². The fourth-order valence-electron chi connectivity index (χ4n) is 3.52. The van der Waals surface area contributed by atoms with E-state index in [0.29, 0.717) is 17.9 Å². The Hall–Kier alpha value is -0.0500. The van der Waals surface area contributed by atoms with Gasteiger partial charge in [-0.2, -0.15) is 0 Å². The molecule has 0 spiro atoms. The van der Waals surface area contributed by atoms with Gasteiger partial charge in [0.25, 0.3) is 0 Å². The molecule has 0 unspecified atom stereocenters. The maximum atomic E-state index is 12.7. The third-order valence-electron chi connectivity index (χ3n) is 4.74. The van der Waals surface area contributed by atoms with E-state index in [9.17, 15) is 4.79 Å². The van der Waals surface area contributed by atoms with Gasteiger partial charge in [-0.25, -0.2) is 0 Å². The first kappa shape index (κ1) is 14.4. The van der Waals surface area contributed by atoms with E-state index in [2.05, 4.69) is 27.8 Å². The predicted octanol–water partition coefficient (Wildman–Crippen LogP) is 3.98. The van der Waals surface area contributed by atoms with Gasteiger partial charge in [-0.05, 0) is 44.4 Å². The highest BCUT2D eigenvalue weighted by molar-refractivity contribution is 9.09. The average Bonchev–Trinajstić information content (AvgIpc) is 2.90. The molecule has 3 heteroatoms. The molecule has 2 nitrogen and oxygen atoms in total. The minimum atomic E-state index is 0.320. The van der Waals surface area contributed by atoms with Crippen molar-refractivity contribution in [3.8, 4) is 0 Å². The van der Waals surface area contributed by atoms with Crippen LogP contribution in [0.1, 0.15) is 58.3 Å². The summed E-state index contributed by atoms with van der Waals surface area (Å²) in [6.07, 6.45) is 9.77. The van der Waals surface area contributed by atoms with E-state index in [-0.39, 0.29) is 0 Å². The molecule has 1 amide bonds. The molecule has 0 aromatic rings. The molecule has 18 heavy (non-hydrogen) atoms. The van der Waals surface area contributed by atoms with Crippen molar-refractivity contribution in [2.45, 2.75) is 64.3 Å². The Kier molecular flexibility index (Phi) is 5.53. The lowest BCUT2D eigenvalue weighted by atomic mass is 9.82. The van der Waals surface area contributed by atoms with Gasteiger partial charge < -0.3 is 4.90 Å². The van der Waals surface area contributed by atoms with Crippen LogP contribution in [0.15, 0.2) is 0 Å². The minimum Gasteiger partial charge on any atom is -0.339 e. The zero-order chi connectivity index (χ0) is 13.0. The highest BCUT2D eigenvalue weighted by atomic mass is 79.9. The zero-order valence-corrected chi connectivity index (χ0v) is 13.1. The van der Waals surface area contributed by atoms with Gasteiger partial charge in [-0.1, -0.05) is 35.7 Å². The van der Waals surface area contributed by atoms with Crippen LogP contribution >= 0.6 is 15.9 Å². The Morgan fingerprint density at radius 3 is 2.28 bits per heavy atom. The number of hydrogen-bond donors (Lipinski definition) is 0. The third kappa shape index (κ3) is 3.49. The maximum Gasteiger partial charge on any atom is 0.225 e. The Morgan fingerprint density at radius 1 is 1.11 bits per heavy atom. The van der Waals surface area contributed by atoms with Crippen molar-refractivity contribution in [3.63, 3.8) is 0 Å². The molecular formula is C15H26BrNO. The average molecular weight is 316 g/mol. The fourth-order valence-corrected chi connectivity index (χ4v) is 3.90. The van der Waals surface area contributed by atoms with Gasteiger partial charge in [0.2, 0.25) is 5.91 Å². The second-order valence-corrected chi connectivity index (χ2v) is 6.91. The third-order valence-corrected chi connectivity index (χ3v) is 5.09. The quantitative estimate of drug-likeness (QED) is 0.719. The molecule has 0 N–H and O–H groups in total. The van der Waals surface area contributed by atoms with E-state index in [1.165, 1.54) is 38.5 Å². The highest BCUT2D eigenvalue weighted by Crippen LogP contribution is 2.32. The number of carbonyl (C=O) groups excluding carboxylic acids is 1. The molecule has 0 heterocycles. The van der Waals surface area contributed by atoms with Crippen LogP contribution < -0.4 is 0 Å². The highest BCUT2D eigenvalue weighted by Gasteiger charge is 2.32. The van der Waals surface area contributed by atoms with E-state index in [4.69, 9.17) is 0 Å². The first-order valence-electron chi connectivity index (χ1n) is 7.58. The fraction of sp³-hybridized carbons (Fsp3) is 0.933. The van der Waals surface area contributed by atoms with Crippen molar-refractivity contribution >= 4 is 21.8 Å². The lowest BCUT2D eigenvalue weighted by Crippen LogP contribution is -2.44. The number of rotatable bonds is 4. The summed E-state index contributed by atoms with van der Waals surface area (Å²) in [7, 11) is 0. The standard InChI is InChI=1S/C15H26BrNO/c1-12-6-8-13(9-7-12)15(18)17(11-10-16)14-4-2-3-5-14/h12-14H,2-11H2,1H3. The molecule has 104 valence electrons. The summed E-state index contributed by atoms with van der Waals surface area (Å²) >= 11 is 3.51. The number of carbonyl (C=O) groups is 1. The number of amides is 1. The normalized spacial score (nSPS) is 29.4. The molecule has 0 radical (unpaired) electrons. The molecule has 0 bridgehead atoms. The zero-order valence-electron chi connectivity index (χ0n) is 11.5. The molecule has 2 saturated carbocycles. The first-order valence-corrected chi connectivity index (χ1v) is 8.71. The Balaban J connectivity index is 1.94. The molecule has 2 fully saturated rings. The minimum absolute atomic E-state index is 0.320. The number of nitrogens with zero attached hydrogens (tertiary/aromatic N) is 1. The van der Waals surface area contributed by atoms with E-state index >= 15 is 0 Å². The summed E-state index contributed by atoms with van der Waals surface area (Å²) < 4.78 is 0. The molecule has 2 aliphatic carbocycles. The molecule has 0 atom stereocenters. The van der Waals surface area contributed by atoms with Gasteiger partial charge in [0.15, 0.2) is 0 Å². The van der Waals surface area contributed by atoms with Gasteiger partial charge in [0.05, 0.1) is 0 Å². The molecule has 2 aliphatic rings. The summed E-state index contributed by atoms with van der Waals surface area (Å²) in [6.45, 7) is 3.21. The maximum absolute atomic E-state index is 12.7. The largest absolute Gasteiger partial charge is 0.339 e. The summed E-state index contributed by atoms with van der Waals surface area (Å²) in [5, 5.41) is 0.915. The van der Waals surface area contributed by atoms with Gasteiger partial charge in [0.1, 0.15) is 0 Å². The lowest BCUT2D eigenvalue weighted by Gasteiger charge is -2.34. The van der Waals surface area contributed by atoms with Crippen molar-refractivity contribution in [3.05, 3.63) is 0 Å². The van der Waals surface area contributed by atoms with Crippen LogP contribution in [-0.4, -0.2) is 28.7 Å². The van der Waals surface area contributed by atoms with Gasteiger partial charge in [-0.3, -0.25) is 4.79 Å². The van der Waals surface area contributed by atoms with Crippen molar-refractivity contribution in [2.75, 3.05) is 11.9 Å². The Morgan fingerprint density at radius 2 is 1.72 bits per heavy atom. The van der Waals surface area contributed by atoms with Crippen LogP contribution in [0.25, 0.3) is 0 Å². The van der Waals surface area contributed by atoms with Gasteiger partial charge >= 0.3 is 0 Å². The van der Waals surface area contributed by atoms with Crippen molar-refractivity contribution < 1.29 is 4.79 Å². The monoisotopic (exact) mass is 315 g/mol. The molecule has 0 aromatic heterocycles. The van der Waals surface area contributed by atoms with Crippen LogP contribution in [0.2, 0.25) is 0 Å². The van der Waals surface area contributed by atoms with Crippen molar-refractivity contribution in [1.29, 1.82) is 0 Å². The van der Waals surface area contributed by atoms with E-state index in [1.807, 2.05) is 0 Å². The van der Waals surface area contributed by atoms with Crippen LogP contribution in [0.3, 0.4) is 0 Å². The van der Waals surface area contributed by atoms with Gasteiger partial charge in [-0.15, -0.1) is 0 Å². The second-order valence-electron chi connectivity index (χ2n) is 6.12. The van der Waals surface area contributed by atoms with Crippen molar-refractivity contribution in [2.24, 2.45) is 11.8 Å². The number of halogens is 1. The van der Waals surface area contributed by atoms with Crippen LogP contribution in [0.4, 0.5) is 0 Å². The lowest BCUT2D eigenvalue weighted by molar-refractivity contribution is -0.138. The molecule has 0 aromatic carbocycles. The summed E-state index contributed by atoms with van der Waals surface area (Å²) in [6, 6.07) is 0.536. The smallest absolute Gasteiger partial charge is 0.225 e. The topological polar surface area (TPSA) is 20.3 Å². The van der Waals surface area contributed by atoms with Crippen LogP contribution in [0.5, 0.6) is 0 Å². The molecular weight excluding hydrogens is 290 g/mol. The van der Waals surface area contributed by atoms with E-state index in [0.717, 1.165) is 30.6 Å². The number of hydrogen-bond acceptors (Lipinski definition) is 1. The molecule has 2 rings (SSSR count). The first-order chi connectivity index (χ1) is 8.72. The molecule has 0 saturated heterocycles. The molecule has 0 aliphatic heterocycles. The Bertz CT molecular complexity index is 268.